The second-order valence-electron chi connectivity index (χ2n) is 0.100. The topological polar surface area (TPSA) is 23.8 Å². The number of nitrogens with zero attached hydrogens (tertiary/aromatic N) is 1. The monoisotopic (exact) mass is 205 g/mol. The minimum atomic E-state index is 0. The van der Waals surface area contributed by atoms with E-state index in [1.807, 2.05) is 0 Å². The van der Waals surface area contributed by atoms with Crippen LogP contribution in [0.5, 0.6) is 0 Å². The zero-order chi connectivity index (χ0) is 2.71. The quantitative estimate of drug-likeness (QED) is 0.479. The number of hydrogen-bond acceptors (Lipinski definition) is 1. The van der Waals surface area contributed by atoms with Crippen molar-refractivity contribution in [2.24, 2.45) is 0 Å². The zero-order valence-electron chi connectivity index (χ0n) is 1.80. The predicted octanol–water partition coefficient (Wildman–Crippen LogP) is -0.634. The minimum Gasteiger partial charge on any atom is 0 e. The third-order valence-corrected chi connectivity index (χ3v) is 0. The molecule has 0 aliphatic heterocycles. The minimum absolute atomic E-state index is 0. The Hall–Kier alpha value is 0.698. The van der Waals surface area contributed by atoms with Crippen LogP contribution in [0.1, 0.15) is 0 Å². The Morgan fingerprint density at radius 3 is 1.75 bits per heavy atom. The molecule has 0 unspecified atom stereocenters. The average molecular weight is 202 g/mol. The van der Waals surface area contributed by atoms with Gasteiger partial charge in [-0.15, -0.1) is 0 Å². The molecule has 0 atom stereocenters. The summed E-state index contributed by atoms with van der Waals surface area (Å²) in [5.41, 5.74) is 0. The Morgan fingerprint density at radius 2 is 1.75 bits per heavy atom. The maximum atomic E-state index is 7.29. The maximum Gasteiger partial charge on any atom is 0 e. The van der Waals surface area contributed by atoms with Gasteiger partial charge in [-0.1, -0.05) is 0 Å². The Bertz CT molecular complexity index is 29.5. The smallest absolute Gasteiger partial charge is 0 e. The molecule has 0 saturated carbocycles. The number of rotatable bonds is 0. The van der Waals surface area contributed by atoms with Gasteiger partial charge >= 0.3 is 26.2 Å². The maximum absolute atomic E-state index is 7.29. The first-order valence-electron chi connectivity index (χ1n) is 0.447. The number of nitriles is 1. The van der Waals surface area contributed by atoms with Gasteiger partial charge in [-0.05, 0) is 0 Å². The first-order valence-corrected chi connectivity index (χ1v) is 1.39. The molecule has 3 heteroatoms. The Labute approximate surface area is 47.5 Å². The molecule has 0 fully saturated rings. The summed E-state index contributed by atoms with van der Waals surface area (Å²) in [6.45, 7) is 0. The van der Waals surface area contributed by atoms with E-state index in [1.54, 1.807) is 21.0 Å². The van der Waals surface area contributed by atoms with E-state index in [1.165, 1.54) is 0 Å². The van der Waals surface area contributed by atoms with Crippen LogP contribution in [-0.2, 0) is 21.1 Å². The Balaban J connectivity index is 0. The molecule has 0 aromatic rings. The van der Waals surface area contributed by atoms with Gasteiger partial charge in [0.2, 0.25) is 0 Å². The summed E-state index contributed by atoms with van der Waals surface area (Å²) in [5.74, 6) is 0. The van der Waals surface area contributed by atoms with Crippen LogP contribution in [0, 0.1) is 10.2 Å². The SMILES string of the molecule is N#C[SeH].[Mo]. The van der Waals surface area contributed by atoms with Gasteiger partial charge in [0.1, 0.15) is 0 Å². The van der Waals surface area contributed by atoms with E-state index in [0.29, 0.717) is 0 Å². The van der Waals surface area contributed by atoms with E-state index in [9.17, 15) is 0 Å². The van der Waals surface area contributed by atoms with Crippen molar-refractivity contribution in [2.75, 3.05) is 0 Å². The molecular formula is CHMoNSe. The second kappa shape index (κ2) is 9.34. The molecule has 0 bridgehead atoms. The van der Waals surface area contributed by atoms with Crippen molar-refractivity contribution < 1.29 is 21.1 Å². The molecule has 0 aliphatic carbocycles. The third kappa shape index (κ3) is 16.0. The largest absolute Gasteiger partial charge is 0 e. The molecule has 0 heterocycles. The summed E-state index contributed by atoms with van der Waals surface area (Å²) in [5, 5.41) is 7.29. The van der Waals surface area contributed by atoms with Crippen molar-refractivity contribution in [3.05, 3.63) is 0 Å². The molecule has 0 radical (unpaired) electrons. The summed E-state index contributed by atoms with van der Waals surface area (Å²) in [7, 11) is 0. The standard InChI is InChI=1S/CHNSe.Mo/c2-1-3;/h3H;. The van der Waals surface area contributed by atoms with Gasteiger partial charge < -0.3 is 0 Å². The van der Waals surface area contributed by atoms with E-state index in [0.717, 1.165) is 0 Å². The van der Waals surface area contributed by atoms with Crippen molar-refractivity contribution >= 4 is 16.0 Å². The summed E-state index contributed by atoms with van der Waals surface area (Å²) >= 11 is 1.77. The fourth-order valence-corrected chi connectivity index (χ4v) is 0. The zero-order valence-corrected chi connectivity index (χ0v) is 5.69. The van der Waals surface area contributed by atoms with Crippen molar-refractivity contribution in [3.63, 3.8) is 0 Å². The summed E-state index contributed by atoms with van der Waals surface area (Å²) in [6, 6.07) is 0. The molecular weight excluding hydrogens is 201 g/mol. The molecule has 0 saturated heterocycles. The molecule has 0 amide bonds. The van der Waals surface area contributed by atoms with Crippen LogP contribution in [0.3, 0.4) is 0 Å². The van der Waals surface area contributed by atoms with Crippen LogP contribution in [0.4, 0.5) is 0 Å². The van der Waals surface area contributed by atoms with Gasteiger partial charge in [-0.2, -0.15) is 0 Å². The molecule has 0 aliphatic rings. The van der Waals surface area contributed by atoms with Gasteiger partial charge in [-0.3, -0.25) is 0 Å². The van der Waals surface area contributed by atoms with E-state index in [2.05, 4.69) is 0 Å². The van der Waals surface area contributed by atoms with Crippen molar-refractivity contribution in [1.29, 1.82) is 5.26 Å². The molecule has 0 aromatic carbocycles. The first-order chi connectivity index (χ1) is 1.41. The van der Waals surface area contributed by atoms with E-state index in [4.69, 9.17) is 5.26 Å². The normalized spacial score (nSPS) is 2.00. The van der Waals surface area contributed by atoms with E-state index >= 15 is 0 Å². The third-order valence-electron chi connectivity index (χ3n) is 0. The van der Waals surface area contributed by atoms with Gasteiger partial charge in [0.05, 0.1) is 0 Å². The molecule has 22 valence electrons. The Kier molecular flexibility index (Phi) is 20.6. The van der Waals surface area contributed by atoms with Gasteiger partial charge in [-0.25, -0.2) is 0 Å². The van der Waals surface area contributed by atoms with Crippen LogP contribution in [0.25, 0.3) is 0 Å². The average Bonchev–Trinajstić information content (AvgIpc) is 0.918. The van der Waals surface area contributed by atoms with Crippen LogP contribution in [0.15, 0.2) is 0 Å². The summed E-state index contributed by atoms with van der Waals surface area (Å²) in [4.78, 5) is 1.69. The fraction of sp³-hybridized carbons (Fsp3) is 0. The van der Waals surface area contributed by atoms with Crippen LogP contribution < -0.4 is 0 Å². The molecule has 0 aromatic heterocycles. The molecule has 1 nitrogen and oxygen atoms in total. The van der Waals surface area contributed by atoms with Gasteiger partial charge in [0.15, 0.2) is 0 Å². The van der Waals surface area contributed by atoms with Crippen LogP contribution in [-0.4, -0.2) is 16.0 Å². The molecule has 0 N–H and O–H groups in total. The molecule has 0 rings (SSSR count). The van der Waals surface area contributed by atoms with Crippen molar-refractivity contribution in [1.82, 2.24) is 0 Å². The van der Waals surface area contributed by atoms with Crippen molar-refractivity contribution in [2.45, 2.75) is 0 Å². The van der Waals surface area contributed by atoms with Gasteiger partial charge in [0.25, 0.3) is 0 Å². The molecule has 0 spiro atoms. The predicted molar refractivity (Wildman–Crippen MR) is 12.8 cm³/mol. The van der Waals surface area contributed by atoms with Crippen LogP contribution >= 0.6 is 0 Å². The second-order valence-corrected chi connectivity index (χ2v) is 0.520. The van der Waals surface area contributed by atoms with Gasteiger partial charge in [0, 0.05) is 21.1 Å². The van der Waals surface area contributed by atoms with Crippen LogP contribution in [0.2, 0.25) is 0 Å². The molecule has 4 heavy (non-hydrogen) atoms. The first kappa shape index (κ1) is 8.83. The van der Waals surface area contributed by atoms with Crippen molar-refractivity contribution in [3.8, 4) is 4.97 Å². The summed E-state index contributed by atoms with van der Waals surface area (Å²) < 4.78 is 0. The van der Waals surface area contributed by atoms with E-state index in [-0.39, 0.29) is 21.1 Å². The van der Waals surface area contributed by atoms with E-state index < -0.39 is 0 Å². The Morgan fingerprint density at radius 1 is 1.75 bits per heavy atom. The number of hydrogen-bond donors (Lipinski definition) is 0. The fourth-order valence-electron chi connectivity index (χ4n) is 0. The summed E-state index contributed by atoms with van der Waals surface area (Å²) in [6.07, 6.45) is 0.